The monoisotopic (exact) mass is 353 g/mol. The van der Waals surface area contributed by atoms with Crippen molar-refractivity contribution in [1.29, 1.82) is 0 Å². The van der Waals surface area contributed by atoms with Crippen molar-refractivity contribution in [3.8, 4) is 5.75 Å². The predicted molar refractivity (Wildman–Crippen MR) is 103 cm³/mol. The van der Waals surface area contributed by atoms with Crippen molar-refractivity contribution >= 4 is 5.78 Å². The molecule has 1 N–H and O–H groups in total. The number of ether oxygens (including phenoxy) is 1. The van der Waals surface area contributed by atoms with Gasteiger partial charge in [-0.3, -0.25) is 4.79 Å². The highest BCUT2D eigenvalue weighted by Crippen LogP contribution is 2.34. The van der Waals surface area contributed by atoms with Gasteiger partial charge in [0.2, 0.25) is 0 Å². The zero-order valence-corrected chi connectivity index (χ0v) is 15.4. The van der Waals surface area contributed by atoms with Gasteiger partial charge in [0.05, 0.1) is 12.7 Å². The number of methoxy groups -OCH3 is 1. The quantitative estimate of drug-likeness (QED) is 0.772. The molecule has 1 aliphatic heterocycles. The Morgan fingerprint density at radius 2 is 1.85 bits per heavy atom. The van der Waals surface area contributed by atoms with E-state index in [2.05, 4.69) is 4.90 Å². The van der Waals surface area contributed by atoms with Crippen LogP contribution < -0.4 is 4.74 Å². The minimum absolute atomic E-state index is 0.204. The van der Waals surface area contributed by atoms with Crippen molar-refractivity contribution < 1.29 is 14.6 Å². The first-order chi connectivity index (χ1) is 12.6. The molecular formula is C22H27NO3. The lowest BCUT2D eigenvalue weighted by atomic mass is 9.84. The molecule has 0 spiro atoms. The zero-order valence-electron chi connectivity index (χ0n) is 15.4. The maximum absolute atomic E-state index is 12.2. The average Bonchev–Trinajstić information content (AvgIpc) is 2.70. The van der Waals surface area contributed by atoms with Crippen LogP contribution in [0.15, 0.2) is 54.6 Å². The highest BCUT2D eigenvalue weighted by Gasteiger charge is 2.34. The summed E-state index contributed by atoms with van der Waals surface area (Å²) in [6.45, 7) is 2.58. The summed E-state index contributed by atoms with van der Waals surface area (Å²) in [6.07, 6.45) is 2.82. The minimum atomic E-state index is -0.787. The number of nitrogens with zero attached hydrogens (tertiary/aromatic N) is 1. The van der Waals surface area contributed by atoms with E-state index >= 15 is 0 Å². The Morgan fingerprint density at radius 1 is 1.12 bits per heavy atom. The molecule has 2 aromatic rings. The molecule has 1 aliphatic rings. The van der Waals surface area contributed by atoms with Gasteiger partial charge in [-0.15, -0.1) is 0 Å². The molecule has 3 rings (SSSR count). The maximum Gasteiger partial charge on any atom is 0.162 e. The number of hydrogen-bond acceptors (Lipinski definition) is 4. The second kappa shape index (κ2) is 8.47. The number of carbonyl (C=O) groups is 1. The number of hydrogen-bond donors (Lipinski definition) is 1. The molecule has 1 saturated heterocycles. The van der Waals surface area contributed by atoms with Gasteiger partial charge >= 0.3 is 0 Å². The van der Waals surface area contributed by atoms with Gasteiger partial charge in [0.15, 0.2) is 5.78 Å². The van der Waals surface area contributed by atoms with E-state index in [-0.39, 0.29) is 5.78 Å². The summed E-state index contributed by atoms with van der Waals surface area (Å²) in [6, 6.07) is 17.2. The van der Waals surface area contributed by atoms with Gasteiger partial charge in [-0.05, 0) is 43.5 Å². The van der Waals surface area contributed by atoms with Gasteiger partial charge in [-0.25, -0.2) is 0 Å². The van der Waals surface area contributed by atoms with Crippen molar-refractivity contribution in [2.75, 3.05) is 26.7 Å². The van der Waals surface area contributed by atoms with Crippen LogP contribution in [-0.2, 0) is 5.60 Å². The summed E-state index contributed by atoms with van der Waals surface area (Å²) < 4.78 is 5.27. The van der Waals surface area contributed by atoms with Crippen LogP contribution in [0.5, 0.6) is 5.75 Å². The topological polar surface area (TPSA) is 49.8 Å². The summed E-state index contributed by atoms with van der Waals surface area (Å²) >= 11 is 0. The smallest absolute Gasteiger partial charge is 0.162 e. The number of likely N-dealkylation sites (tertiary alicyclic amines) is 1. The van der Waals surface area contributed by atoms with Gasteiger partial charge in [-0.1, -0.05) is 42.5 Å². The van der Waals surface area contributed by atoms with E-state index in [0.717, 1.165) is 42.9 Å². The van der Waals surface area contributed by atoms with E-state index in [9.17, 15) is 9.90 Å². The lowest BCUT2D eigenvalue weighted by Crippen LogP contribution is -2.42. The molecule has 26 heavy (non-hydrogen) atoms. The Kier molecular flexibility index (Phi) is 6.07. The summed E-state index contributed by atoms with van der Waals surface area (Å²) in [4.78, 5) is 14.5. The van der Waals surface area contributed by atoms with Crippen molar-refractivity contribution in [2.45, 2.75) is 31.3 Å². The van der Waals surface area contributed by atoms with Gasteiger partial charge in [0, 0.05) is 25.1 Å². The fourth-order valence-electron chi connectivity index (χ4n) is 3.58. The molecule has 0 unspecified atom stereocenters. The highest BCUT2D eigenvalue weighted by molar-refractivity contribution is 5.95. The molecule has 0 atom stereocenters. The van der Waals surface area contributed by atoms with Crippen LogP contribution in [0.25, 0.3) is 0 Å². The molecule has 0 aliphatic carbocycles. The lowest BCUT2D eigenvalue weighted by Gasteiger charge is -2.38. The molecule has 138 valence electrons. The third-order valence-corrected chi connectivity index (χ3v) is 5.26. The van der Waals surface area contributed by atoms with E-state index < -0.39 is 5.60 Å². The van der Waals surface area contributed by atoms with Crippen LogP contribution in [0.3, 0.4) is 0 Å². The molecule has 1 heterocycles. The van der Waals surface area contributed by atoms with Crippen LogP contribution in [0.2, 0.25) is 0 Å². The highest BCUT2D eigenvalue weighted by atomic mass is 16.5. The average molecular weight is 353 g/mol. The molecule has 0 saturated carbocycles. The number of ketones is 1. The Hall–Kier alpha value is -2.17. The van der Waals surface area contributed by atoms with Gasteiger partial charge < -0.3 is 14.7 Å². The molecule has 4 heteroatoms. The predicted octanol–water partition coefficient (Wildman–Crippen LogP) is 3.64. The SMILES string of the molecule is COc1cccc(C2(O)CCN(CCCC(=O)c3ccccc3)CC2)c1. The number of rotatable bonds is 7. The number of piperidine rings is 1. The summed E-state index contributed by atoms with van der Waals surface area (Å²) in [5.74, 6) is 0.980. The van der Waals surface area contributed by atoms with E-state index in [1.807, 2.05) is 54.6 Å². The first-order valence-corrected chi connectivity index (χ1v) is 9.28. The lowest BCUT2D eigenvalue weighted by molar-refractivity contribution is -0.0261. The second-order valence-corrected chi connectivity index (χ2v) is 7.00. The first-order valence-electron chi connectivity index (χ1n) is 9.28. The Morgan fingerprint density at radius 3 is 2.54 bits per heavy atom. The van der Waals surface area contributed by atoms with Crippen molar-refractivity contribution in [2.24, 2.45) is 0 Å². The van der Waals surface area contributed by atoms with Crippen molar-refractivity contribution in [3.05, 3.63) is 65.7 Å². The number of benzene rings is 2. The first kappa shape index (κ1) is 18.6. The molecule has 4 nitrogen and oxygen atoms in total. The van der Waals surface area contributed by atoms with Crippen LogP contribution in [0.4, 0.5) is 0 Å². The van der Waals surface area contributed by atoms with E-state index in [0.29, 0.717) is 19.3 Å². The molecule has 0 amide bonds. The number of aliphatic hydroxyl groups is 1. The van der Waals surface area contributed by atoms with Gasteiger partial charge in [0.1, 0.15) is 5.75 Å². The molecule has 0 radical (unpaired) electrons. The molecule has 0 bridgehead atoms. The number of Topliss-reactive ketones (excluding diaryl/α,β-unsaturated/α-hetero) is 1. The normalized spacial score (nSPS) is 17.0. The summed E-state index contributed by atoms with van der Waals surface area (Å²) in [7, 11) is 1.64. The molecule has 2 aromatic carbocycles. The second-order valence-electron chi connectivity index (χ2n) is 7.00. The third kappa shape index (κ3) is 4.51. The summed E-state index contributed by atoms with van der Waals surface area (Å²) in [5.41, 5.74) is 0.930. The summed E-state index contributed by atoms with van der Waals surface area (Å²) in [5, 5.41) is 11.0. The van der Waals surface area contributed by atoms with Gasteiger partial charge in [-0.2, -0.15) is 0 Å². The van der Waals surface area contributed by atoms with Crippen molar-refractivity contribution in [3.63, 3.8) is 0 Å². The van der Waals surface area contributed by atoms with Crippen LogP contribution in [0.1, 0.15) is 41.6 Å². The molecule has 1 fully saturated rings. The van der Waals surface area contributed by atoms with Crippen molar-refractivity contribution in [1.82, 2.24) is 4.90 Å². The largest absolute Gasteiger partial charge is 0.497 e. The standard InChI is InChI=1S/C22H27NO3/c1-26-20-10-5-9-19(17-20)22(25)12-15-23(16-13-22)14-6-11-21(24)18-7-3-2-4-8-18/h2-5,7-10,17,25H,6,11-16H2,1H3. The fourth-order valence-corrected chi connectivity index (χ4v) is 3.58. The maximum atomic E-state index is 12.2. The Balaban J connectivity index is 1.47. The zero-order chi connectivity index (χ0) is 18.4. The van der Waals surface area contributed by atoms with Crippen LogP contribution in [-0.4, -0.2) is 42.5 Å². The fraction of sp³-hybridized carbons (Fsp3) is 0.409. The Labute approximate surface area is 155 Å². The van der Waals surface area contributed by atoms with Gasteiger partial charge in [0.25, 0.3) is 0 Å². The molecule has 0 aromatic heterocycles. The van der Waals surface area contributed by atoms with Crippen LogP contribution >= 0.6 is 0 Å². The minimum Gasteiger partial charge on any atom is -0.497 e. The molecular weight excluding hydrogens is 326 g/mol. The third-order valence-electron chi connectivity index (χ3n) is 5.26. The number of carbonyl (C=O) groups excluding carboxylic acids is 1. The van der Waals surface area contributed by atoms with E-state index in [1.165, 1.54) is 0 Å². The van der Waals surface area contributed by atoms with E-state index in [4.69, 9.17) is 4.74 Å². The van der Waals surface area contributed by atoms with Crippen LogP contribution in [0, 0.1) is 0 Å². The van der Waals surface area contributed by atoms with E-state index in [1.54, 1.807) is 7.11 Å². The Bertz CT molecular complexity index is 721.